The molecule has 4 heteroatoms. The van der Waals surface area contributed by atoms with E-state index in [1.807, 2.05) is 25.1 Å². The Balaban J connectivity index is 1.47. The fraction of sp³-hybridized carbons (Fsp3) is 0.412. The number of halogens is 1. The van der Waals surface area contributed by atoms with E-state index in [9.17, 15) is 0 Å². The predicted molar refractivity (Wildman–Crippen MR) is 87.3 cm³/mol. The third kappa shape index (κ3) is 3.80. The number of nitrogens with zero attached hydrogens (tertiary/aromatic N) is 2. The number of aryl methyl sites for hydroxylation is 1. The normalized spacial score (nSPS) is 16.4. The summed E-state index contributed by atoms with van der Waals surface area (Å²) in [7, 11) is 0. The number of furan rings is 1. The second kappa shape index (κ2) is 6.54. The summed E-state index contributed by atoms with van der Waals surface area (Å²) in [5, 5.41) is 0.797. The van der Waals surface area contributed by atoms with Gasteiger partial charge in [0.15, 0.2) is 0 Å². The van der Waals surface area contributed by atoms with Gasteiger partial charge in [-0.3, -0.25) is 4.90 Å². The monoisotopic (exact) mass is 304 g/mol. The first-order valence-electron chi connectivity index (χ1n) is 7.49. The lowest BCUT2D eigenvalue weighted by molar-refractivity contribution is 0.255. The van der Waals surface area contributed by atoms with Crippen molar-refractivity contribution in [2.45, 2.75) is 13.3 Å². The highest BCUT2D eigenvalue weighted by atomic mass is 35.5. The highest BCUT2D eigenvalue weighted by Gasteiger charge is 2.17. The Bertz CT molecular complexity index is 571. The van der Waals surface area contributed by atoms with Crippen LogP contribution in [-0.4, -0.2) is 37.6 Å². The molecule has 3 rings (SSSR count). The zero-order valence-electron chi connectivity index (χ0n) is 12.4. The summed E-state index contributed by atoms with van der Waals surface area (Å²) in [5.74, 6) is 2.09. The Morgan fingerprint density at radius 2 is 1.71 bits per heavy atom. The zero-order valence-corrected chi connectivity index (χ0v) is 13.1. The third-order valence-corrected chi connectivity index (χ3v) is 4.29. The van der Waals surface area contributed by atoms with Crippen LogP contribution in [0.3, 0.4) is 0 Å². The summed E-state index contributed by atoms with van der Waals surface area (Å²) < 4.78 is 5.63. The van der Waals surface area contributed by atoms with Gasteiger partial charge in [-0.2, -0.15) is 0 Å². The van der Waals surface area contributed by atoms with E-state index in [-0.39, 0.29) is 0 Å². The van der Waals surface area contributed by atoms with Crippen LogP contribution < -0.4 is 4.90 Å². The van der Waals surface area contributed by atoms with Gasteiger partial charge in [0, 0.05) is 49.9 Å². The Hall–Kier alpha value is -1.45. The first kappa shape index (κ1) is 14.5. The van der Waals surface area contributed by atoms with Crippen LogP contribution in [0, 0.1) is 6.92 Å². The lowest BCUT2D eigenvalue weighted by Crippen LogP contribution is -2.46. The SMILES string of the molecule is Cc1ccc(CCN2CCN(c3ccc(Cl)cc3)CC2)o1. The molecule has 0 atom stereocenters. The van der Waals surface area contributed by atoms with Crippen molar-refractivity contribution in [3.8, 4) is 0 Å². The van der Waals surface area contributed by atoms with Gasteiger partial charge in [0.1, 0.15) is 11.5 Å². The first-order valence-corrected chi connectivity index (χ1v) is 7.87. The maximum absolute atomic E-state index is 5.94. The summed E-state index contributed by atoms with van der Waals surface area (Å²) in [6, 6.07) is 12.2. The van der Waals surface area contributed by atoms with Crippen LogP contribution in [0.2, 0.25) is 5.02 Å². The van der Waals surface area contributed by atoms with E-state index in [4.69, 9.17) is 16.0 Å². The van der Waals surface area contributed by atoms with Gasteiger partial charge in [0.05, 0.1) is 0 Å². The van der Waals surface area contributed by atoms with Crippen LogP contribution in [0.5, 0.6) is 0 Å². The molecule has 21 heavy (non-hydrogen) atoms. The molecule has 0 saturated carbocycles. The minimum Gasteiger partial charge on any atom is -0.466 e. The average molecular weight is 305 g/mol. The van der Waals surface area contributed by atoms with Crippen molar-refractivity contribution in [2.24, 2.45) is 0 Å². The minimum atomic E-state index is 0.797. The van der Waals surface area contributed by atoms with E-state index < -0.39 is 0 Å². The minimum absolute atomic E-state index is 0.797. The van der Waals surface area contributed by atoms with Crippen LogP contribution in [0.4, 0.5) is 5.69 Å². The Morgan fingerprint density at radius 1 is 1.00 bits per heavy atom. The molecule has 2 heterocycles. The lowest BCUT2D eigenvalue weighted by atomic mass is 10.2. The van der Waals surface area contributed by atoms with Crippen LogP contribution in [-0.2, 0) is 6.42 Å². The number of piperazine rings is 1. The molecule has 1 saturated heterocycles. The van der Waals surface area contributed by atoms with Gasteiger partial charge < -0.3 is 9.32 Å². The molecule has 1 aromatic heterocycles. The van der Waals surface area contributed by atoms with Crippen molar-refractivity contribution >= 4 is 17.3 Å². The maximum Gasteiger partial charge on any atom is 0.105 e. The average Bonchev–Trinajstić information content (AvgIpc) is 2.92. The van der Waals surface area contributed by atoms with Crippen molar-refractivity contribution in [1.29, 1.82) is 0 Å². The van der Waals surface area contributed by atoms with Crippen LogP contribution in [0.15, 0.2) is 40.8 Å². The highest BCUT2D eigenvalue weighted by molar-refractivity contribution is 6.30. The van der Waals surface area contributed by atoms with Crippen LogP contribution in [0.1, 0.15) is 11.5 Å². The van der Waals surface area contributed by atoms with E-state index in [1.165, 1.54) is 5.69 Å². The molecular formula is C17H21ClN2O. The van der Waals surface area contributed by atoms with Crippen molar-refractivity contribution < 1.29 is 4.42 Å². The van der Waals surface area contributed by atoms with E-state index in [0.29, 0.717) is 0 Å². The molecular weight excluding hydrogens is 284 g/mol. The number of anilines is 1. The standard InChI is InChI=1S/C17H21ClN2O/c1-14-2-7-17(21-14)8-9-19-10-12-20(13-11-19)16-5-3-15(18)4-6-16/h2-7H,8-13H2,1H3. The van der Waals surface area contributed by atoms with Crippen molar-refractivity contribution in [2.75, 3.05) is 37.6 Å². The van der Waals surface area contributed by atoms with Gasteiger partial charge in [-0.1, -0.05) is 11.6 Å². The summed E-state index contributed by atoms with van der Waals surface area (Å²) in [4.78, 5) is 4.92. The van der Waals surface area contributed by atoms with Crippen LogP contribution in [0.25, 0.3) is 0 Å². The molecule has 2 aromatic rings. The second-order valence-corrected chi connectivity index (χ2v) is 6.00. The molecule has 0 unspecified atom stereocenters. The van der Waals surface area contributed by atoms with E-state index in [0.717, 1.165) is 55.7 Å². The largest absolute Gasteiger partial charge is 0.466 e. The molecule has 1 aliphatic rings. The molecule has 3 nitrogen and oxygen atoms in total. The van der Waals surface area contributed by atoms with Gasteiger partial charge in [-0.05, 0) is 43.3 Å². The summed E-state index contributed by atoms with van der Waals surface area (Å²) in [6.45, 7) is 7.40. The molecule has 1 aromatic carbocycles. The summed E-state index contributed by atoms with van der Waals surface area (Å²) >= 11 is 5.94. The Kier molecular flexibility index (Phi) is 4.51. The quantitative estimate of drug-likeness (QED) is 0.860. The maximum atomic E-state index is 5.94. The van der Waals surface area contributed by atoms with Gasteiger partial charge in [0.2, 0.25) is 0 Å². The number of hydrogen-bond acceptors (Lipinski definition) is 3. The molecule has 112 valence electrons. The van der Waals surface area contributed by atoms with E-state index in [1.54, 1.807) is 0 Å². The molecule has 1 fully saturated rings. The van der Waals surface area contributed by atoms with Crippen molar-refractivity contribution in [3.05, 3.63) is 52.9 Å². The topological polar surface area (TPSA) is 19.6 Å². The van der Waals surface area contributed by atoms with Gasteiger partial charge >= 0.3 is 0 Å². The summed E-state index contributed by atoms with van der Waals surface area (Å²) in [6.07, 6.45) is 0.995. The fourth-order valence-electron chi connectivity index (χ4n) is 2.77. The van der Waals surface area contributed by atoms with Crippen molar-refractivity contribution in [3.63, 3.8) is 0 Å². The smallest absolute Gasteiger partial charge is 0.105 e. The van der Waals surface area contributed by atoms with Gasteiger partial charge in [-0.15, -0.1) is 0 Å². The Morgan fingerprint density at radius 3 is 2.33 bits per heavy atom. The van der Waals surface area contributed by atoms with Crippen molar-refractivity contribution in [1.82, 2.24) is 4.90 Å². The molecule has 0 amide bonds. The predicted octanol–water partition coefficient (Wildman–Crippen LogP) is 3.61. The highest BCUT2D eigenvalue weighted by Crippen LogP contribution is 2.19. The number of hydrogen-bond donors (Lipinski definition) is 0. The molecule has 1 aliphatic heterocycles. The first-order chi connectivity index (χ1) is 10.2. The third-order valence-electron chi connectivity index (χ3n) is 4.03. The molecule has 0 aliphatic carbocycles. The second-order valence-electron chi connectivity index (χ2n) is 5.57. The molecule has 0 radical (unpaired) electrons. The van der Waals surface area contributed by atoms with E-state index >= 15 is 0 Å². The molecule has 0 N–H and O–H groups in total. The molecule has 0 bridgehead atoms. The van der Waals surface area contributed by atoms with Gasteiger partial charge in [0.25, 0.3) is 0 Å². The summed E-state index contributed by atoms with van der Waals surface area (Å²) in [5.41, 5.74) is 1.26. The fourth-order valence-corrected chi connectivity index (χ4v) is 2.90. The lowest BCUT2D eigenvalue weighted by Gasteiger charge is -2.36. The zero-order chi connectivity index (χ0) is 14.7. The Labute approximate surface area is 131 Å². The van der Waals surface area contributed by atoms with Gasteiger partial charge in [-0.25, -0.2) is 0 Å². The van der Waals surface area contributed by atoms with Crippen LogP contribution >= 0.6 is 11.6 Å². The number of rotatable bonds is 4. The number of benzene rings is 1. The van der Waals surface area contributed by atoms with E-state index in [2.05, 4.69) is 28.0 Å². The molecule has 0 spiro atoms.